The van der Waals surface area contributed by atoms with E-state index in [1.165, 1.54) is 6.07 Å². The molecular formula is C19H20F2N2O2. The number of likely N-dealkylation sites (tertiary alicyclic amines) is 1. The van der Waals surface area contributed by atoms with Gasteiger partial charge in [0.1, 0.15) is 23.1 Å². The first-order chi connectivity index (χ1) is 12.1. The maximum atomic E-state index is 13.7. The number of hydrogen-bond acceptors (Lipinski definition) is 3. The Bertz CT molecular complexity index is 747. The van der Waals surface area contributed by atoms with Crippen molar-refractivity contribution >= 4 is 11.6 Å². The van der Waals surface area contributed by atoms with Crippen LogP contribution in [0.1, 0.15) is 24.4 Å². The minimum Gasteiger partial charge on any atom is -0.497 e. The van der Waals surface area contributed by atoms with Crippen LogP contribution in [0.4, 0.5) is 14.5 Å². The lowest BCUT2D eigenvalue weighted by atomic mass is 10.0. The zero-order valence-corrected chi connectivity index (χ0v) is 14.0. The molecule has 1 saturated heterocycles. The van der Waals surface area contributed by atoms with Crippen LogP contribution in [-0.2, 0) is 4.79 Å². The van der Waals surface area contributed by atoms with E-state index in [9.17, 15) is 13.6 Å². The summed E-state index contributed by atoms with van der Waals surface area (Å²) in [6, 6.07) is 11.3. The highest BCUT2D eigenvalue weighted by Gasteiger charge is 2.28. The van der Waals surface area contributed by atoms with Crippen LogP contribution in [0, 0.1) is 11.6 Å². The highest BCUT2D eigenvalue weighted by atomic mass is 19.1. The van der Waals surface area contributed by atoms with Crippen molar-refractivity contribution in [2.24, 2.45) is 0 Å². The summed E-state index contributed by atoms with van der Waals surface area (Å²) in [6.07, 6.45) is 1.89. The highest BCUT2D eigenvalue weighted by molar-refractivity contribution is 5.92. The second kappa shape index (κ2) is 7.61. The van der Waals surface area contributed by atoms with Gasteiger partial charge in [0.05, 0.1) is 13.7 Å². The van der Waals surface area contributed by atoms with Crippen molar-refractivity contribution in [1.29, 1.82) is 0 Å². The van der Waals surface area contributed by atoms with Crippen LogP contribution in [0.15, 0.2) is 42.5 Å². The number of nitrogens with zero attached hydrogens (tertiary/aromatic N) is 1. The smallest absolute Gasteiger partial charge is 0.238 e. The number of rotatable bonds is 5. The molecule has 1 atom stereocenters. The number of amides is 1. The van der Waals surface area contributed by atoms with Gasteiger partial charge in [0, 0.05) is 6.04 Å². The molecule has 3 rings (SSSR count). The molecule has 1 aliphatic heterocycles. The lowest BCUT2D eigenvalue weighted by molar-refractivity contribution is -0.117. The van der Waals surface area contributed by atoms with Crippen molar-refractivity contribution in [2.75, 3.05) is 25.5 Å². The van der Waals surface area contributed by atoms with Crippen LogP contribution in [0.2, 0.25) is 0 Å². The molecule has 1 aliphatic rings. The van der Waals surface area contributed by atoms with Gasteiger partial charge in [0.15, 0.2) is 0 Å². The normalized spacial score (nSPS) is 17.5. The van der Waals surface area contributed by atoms with Crippen LogP contribution >= 0.6 is 0 Å². The highest BCUT2D eigenvalue weighted by Crippen LogP contribution is 2.33. The Kier molecular flexibility index (Phi) is 5.28. The Hall–Kier alpha value is -2.47. The molecule has 4 nitrogen and oxygen atoms in total. The summed E-state index contributed by atoms with van der Waals surface area (Å²) in [7, 11) is 1.61. The van der Waals surface area contributed by atoms with Crippen molar-refractivity contribution in [1.82, 2.24) is 4.90 Å². The summed E-state index contributed by atoms with van der Waals surface area (Å²) in [4.78, 5) is 14.3. The number of benzene rings is 2. The summed E-state index contributed by atoms with van der Waals surface area (Å²) in [6.45, 7) is 0.838. The lowest BCUT2D eigenvalue weighted by Crippen LogP contribution is -2.33. The van der Waals surface area contributed by atoms with Gasteiger partial charge in [-0.3, -0.25) is 9.69 Å². The van der Waals surface area contributed by atoms with Gasteiger partial charge in [0.2, 0.25) is 5.91 Å². The van der Waals surface area contributed by atoms with Gasteiger partial charge in [-0.1, -0.05) is 18.2 Å². The maximum absolute atomic E-state index is 13.7. The average molecular weight is 346 g/mol. The van der Waals surface area contributed by atoms with Crippen molar-refractivity contribution in [2.45, 2.75) is 18.9 Å². The summed E-state index contributed by atoms with van der Waals surface area (Å²) in [5.41, 5.74) is 0.673. The third-order valence-corrected chi connectivity index (χ3v) is 4.42. The SMILES string of the molecule is COc1cccc([C@@H]2CCCN2CC(=O)Nc2c(F)cccc2F)c1. The van der Waals surface area contributed by atoms with Gasteiger partial charge >= 0.3 is 0 Å². The van der Waals surface area contributed by atoms with Crippen molar-refractivity contribution < 1.29 is 18.3 Å². The van der Waals surface area contributed by atoms with E-state index in [2.05, 4.69) is 5.32 Å². The van der Waals surface area contributed by atoms with Crippen LogP contribution < -0.4 is 10.1 Å². The molecule has 1 N–H and O–H groups in total. The molecule has 0 aromatic heterocycles. The third-order valence-electron chi connectivity index (χ3n) is 4.42. The molecule has 25 heavy (non-hydrogen) atoms. The van der Waals surface area contributed by atoms with E-state index >= 15 is 0 Å². The number of ether oxygens (including phenoxy) is 1. The van der Waals surface area contributed by atoms with E-state index in [-0.39, 0.29) is 12.6 Å². The zero-order chi connectivity index (χ0) is 17.8. The Labute approximate surface area is 145 Å². The second-order valence-electron chi connectivity index (χ2n) is 6.05. The third kappa shape index (κ3) is 3.96. The Morgan fingerprint density at radius 3 is 2.68 bits per heavy atom. The van der Waals surface area contributed by atoms with Gasteiger partial charge in [-0.05, 0) is 49.2 Å². The number of para-hydroxylation sites is 1. The summed E-state index contributed by atoms with van der Waals surface area (Å²) < 4.78 is 32.6. The van der Waals surface area contributed by atoms with Crippen molar-refractivity contribution in [3.63, 3.8) is 0 Å². The van der Waals surface area contributed by atoms with Gasteiger partial charge in [-0.15, -0.1) is 0 Å². The van der Waals surface area contributed by atoms with E-state index in [1.54, 1.807) is 7.11 Å². The molecule has 0 saturated carbocycles. The standard InChI is InChI=1S/C19H20F2N2O2/c1-25-14-6-2-5-13(11-14)17-9-4-10-23(17)12-18(24)22-19-15(20)7-3-8-16(19)21/h2-3,5-8,11,17H,4,9-10,12H2,1H3,(H,22,24)/t17-/m0/s1. The molecule has 0 spiro atoms. The molecule has 1 amide bonds. The molecule has 2 aromatic carbocycles. The van der Waals surface area contributed by atoms with E-state index in [1.807, 2.05) is 29.2 Å². The van der Waals surface area contributed by atoms with Crippen LogP contribution in [0.3, 0.4) is 0 Å². The first-order valence-corrected chi connectivity index (χ1v) is 8.20. The number of halogens is 2. The molecule has 0 unspecified atom stereocenters. The van der Waals surface area contributed by atoms with E-state index in [0.717, 1.165) is 42.8 Å². The second-order valence-corrected chi connectivity index (χ2v) is 6.05. The number of hydrogen-bond donors (Lipinski definition) is 1. The van der Waals surface area contributed by atoms with Gasteiger partial charge in [0.25, 0.3) is 0 Å². The molecule has 132 valence electrons. The predicted molar refractivity (Wildman–Crippen MR) is 91.5 cm³/mol. The number of carbonyl (C=O) groups excluding carboxylic acids is 1. The topological polar surface area (TPSA) is 41.6 Å². The fraction of sp³-hybridized carbons (Fsp3) is 0.316. The molecule has 1 fully saturated rings. The predicted octanol–water partition coefficient (Wildman–Crippen LogP) is 3.75. The summed E-state index contributed by atoms with van der Waals surface area (Å²) in [5.74, 6) is -1.22. The largest absolute Gasteiger partial charge is 0.497 e. The average Bonchev–Trinajstić information content (AvgIpc) is 3.06. The first kappa shape index (κ1) is 17.4. The fourth-order valence-corrected chi connectivity index (χ4v) is 3.22. The number of carbonyl (C=O) groups is 1. The van der Waals surface area contributed by atoms with Crippen molar-refractivity contribution in [3.05, 3.63) is 59.7 Å². The summed E-state index contributed by atoms with van der Waals surface area (Å²) in [5, 5.41) is 2.34. The van der Waals surface area contributed by atoms with Crippen LogP contribution in [0.25, 0.3) is 0 Å². The molecule has 0 bridgehead atoms. The van der Waals surface area contributed by atoms with Crippen LogP contribution in [0.5, 0.6) is 5.75 Å². The fourth-order valence-electron chi connectivity index (χ4n) is 3.22. The van der Waals surface area contributed by atoms with Gasteiger partial charge in [-0.25, -0.2) is 8.78 Å². The Morgan fingerprint density at radius 2 is 1.96 bits per heavy atom. The molecule has 1 heterocycles. The molecule has 2 aromatic rings. The molecular weight excluding hydrogens is 326 g/mol. The zero-order valence-electron chi connectivity index (χ0n) is 14.0. The Balaban J connectivity index is 1.70. The van der Waals surface area contributed by atoms with Crippen molar-refractivity contribution in [3.8, 4) is 5.75 Å². The monoisotopic (exact) mass is 346 g/mol. The number of nitrogens with one attached hydrogen (secondary N) is 1. The van der Waals surface area contributed by atoms with Gasteiger partial charge < -0.3 is 10.1 Å². The quantitative estimate of drug-likeness (QED) is 0.896. The van der Waals surface area contributed by atoms with Gasteiger partial charge in [-0.2, -0.15) is 0 Å². The summed E-state index contributed by atoms with van der Waals surface area (Å²) >= 11 is 0. The van der Waals surface area contributed by atoms with Crippen LogP contribution in [-0.4, -0.2) is 31.0 Å². The molecule has 0 aliphatic carbocycles. The first-order valence-electron chi connectivity index (χ1n) is 8.20. The Morgan fingerprint density at radius 1 is 1.24 bits per heavy atom. The number of methoxy groups -OCH3 is 1. The molecule has 0 radical (unpaired) electrons. The maximum Gasteiger partial charge on any atom is 0.238 e. The lowest BCUT2D eigenvalue weighted by Gasteiger charge is -2.24. The molecule has 6 heteroatoms. The minimum atomic E-state index is -0.779. The minimum absolute atomic E-state index is 0.0790. The van der Waals surface area contributed by atoms with E-state index in [0.29, 0.717) is 0 Å². The van der Waals surface area contributed by atoms with E-state index < -0.39 is 23.2 Å². The van der Waals surface area contributed by atoms with E-state index in [4.69, 9.17) is 4.74 Å². The number of anilines is 1.